The lowest BCUT2D eigenvalue weighted by molar-refractivity contribution is -0.120. The van der Waals surface area contributed by atoms with E-state index >= 15 is 0 Å². The van der Waals surface area contributed by atoms with E-state index in [1.807, 2.05) is 0 Å². The van der Waals surface area contributed by atoms with Crippen molar-refractivity contribution in [2.75, 3.05) is 0 Å². The van der Waals surface area contributed by atoms with E-state index in [0.29, 0.717) is 17.6 Å². The SMILES string of the molecule is O=C1CC[C@@H]2CCC=C[C@H]12. The maximum absolute atomic E-state index is 11.2. The highest BCUT2D eigenvalue weighted by atomic mass is 16.1. The van der Waals surface area contributed by atoms with E-state index in [-0.39, 0.29) is 0 Å². The van der Waals surface area contributed by atoms with Crippen LogP contribution in [0.3, 0.4) is 0 Å². The van der Waals surface area contributed by atoms with Gasteiger partial charge in [-0.2, -0.15) is 0 Å². The van der Waals surface area contributed by atoms with E-state index in [4.69, 9.17) is 0 Å². The fraction of sp³-hybridized carbons (Fsp3) is 0.667. The lowest BCUT2D eigenvalue weighted by Crippen LogP contribution is -2.14. The third-order valence-corrected chi connectivity index (χ3v) is 2.69. The Kier molecular flexibility index (Phi) is 1.37. The van der Waals surface area contributed by atoms with Crippen LogP contribution in [0.15, 0.2) is 12.2 Å². The van der Waals surface area contributed by atoms with Crippen LogP contribution in [-0.4, -0.2) is 5.78 Å². The van der Waals surface area contributed by atoms with Gasteiger partial charge in [0.2, 0.25) is 0 Å². The summed E-state index contributed by atoms with van der Waals surface area (Å²) in [7, 11) is 0. The molecule has 0 bridgehead atoms. The maximum atomic E-state index is 11.2. The summed E-state index contributed by atoms with van der Waals surface area (Å²) in [5.41, 5.74) is 0. The first-order valence-electron chi connectivity index (χ1n) is 4.07. The third-order valence-electron chi connectivity index (χ3n) is 2.69. The van der Waals surface area contributed by atoms with Gasteiger partial charge in [0.15, 0.2) is 0 Å². The first-order chi connectivity index (χ1) is 4.88. The predicted octanol–water partition coefficient (Wildman–Crippen LogP) is 1.93. The minimum atomic E-state index is 0.314. The number of hydrogen-bond acceptors (Lipinski definition) is 1. The maximum Gasteiger partial charge on any atom is 0.140 e. The Morgan fingerprint density at radius 3 is 3.10 bits per heavy atom. The number of carbonyl (C=O) groups excluding carboxylic acids is 1. The normalized spacial score (nSPS) is 38.2. The lowest BCUT2D eigenvalue weighted by atomic mass is 9.87. The Morgan fingerprint density at radius 2 is 2.30 bits per heavy atom. The molecule has 1 heteroatoms. The highest BCUT2D eigenvalue weighted by Crippen LogP contribution is 2.35. The van der Waals surface area contributed by atoms with Crippen LogP contribution in [0.1, 0.15) is 25.7 Å². The molecule has 0 heterocycles. The van der Waals surface area contributed by atoms with Crippen molar-refractivity contribution >= 4 is 5.78 Å². The Bertz CT molecular complexity index is 179. The van der Waals surface area contributed by atoms with Gasteiger partial charge in [0.1, 0.15) is 5.78 Å². The van der Waals surface area contributed by atoms with E-state index < -0.39 is 0 Å². The second-order valence-corrected chi connectivity index (χ2v) is 3.30. The van der Waals surface area contributed by atoms with E-state index in [9.17, 15) is 4.79 Å². The molecule has 1 fully saturated rings. The number of ketones is 1. The topological polar surface area (TPSA) is 17.1 Å². The number of hydrogen-bond donors (Lipinski definition) is 0. The minimum absolute atomic E-state index is 0.314. The molecule has 1 saturated carbocycles. The molecule has 0 aliphatic heterocycles. The lowest BCUT2D eigenvalue weighted by Gasteiger charge is -2.17. The molecule has 2 atom stereocenters. The zero-order chi connectivity index (χ0) is 6.97. The molecular formula is C9H12O. The van der Waals surface area contributed by atoms with Crippen LogP contribution in [0, 0.1) is 11.8 Å². The Morgan fingerprint density at radius 1 is 1.40 bits per heavy atom. The molecule has 0 aromatic carbocycles. The average molecular weight is 136 g/mol. The van der Waals surface area contributed by atoms with Gasteiger partial charge in [0.25, 0.3) is 0 Å². The quantitative estimate of drug-likeness (QED) is 0.465. The van der Waals surface area contributed by atoms with Gasteiger partial charge in [-0.1, -0.05) is 12.2 Å². The molecule has 2 rings (SSSR count). The van der Waals surface area contributed by atoms with Crippen LogP contribution in [0.4, 0.5) is 0 Å². The van der Waals surface area contributed by atoms with Crippen molar-refractivity contribution < 1.29 is 4.79 Å². The van der Waals surface area contributed by atoms with Gasteiger partial charge in [0, 0.05) is 12.3 Å². The highest BCUT2D eigenvalue weighted by Gasteiger charge is 2.33. The van der Waals surface area contributed by atoms with Crippen molar-refractivity contribution in [1.29, 1.82) is 0 Å². The summed E-state index contributed by atoms with van der Waals surface area (Å²) in [5.74, 6) is 1.49. The zero-order valence-corrected chi connectivity index (χ0v) is 6.05. The van der Waals surface area contributed by atoms with Crippen molar-refractivity contribution in [1.82, 2.24) is 0 Å². The summed E-state index contributed by atoms with van der Waals surface area (Å²) in [5, 5.41) is 0. The summed E-state index contributed by atoms with van der Waals surface area (Å²) in [6, 6.07) is 0. The minimum Gasteiger partial charge on any atom is -0.299 e. The molecule has 0 saturated heterocycles. The average Bonchev–Trinajstić information content (AvgIpc) is 2.34. The van der Waals surface area contributed by atoms with Crippen molar-refractivity contribution in [3.63, 3.8) is 0 Å². The van der Waals surface area contributed by atoms with Crippen LogP contribution in [-0.2, 0) is 4.79 Å². The molecule has 2 aliphatic rings. The standard InChI is InChI=1S/C9H12O/c10-9-6-5-7-3-1-2-4-8(7)9/h2,4,7-8H,1,3,5-6H2/t7-,8-/m0/s1. The molecular weight excluding hydrogens is 124 g/mol. The van der Waals surface area contributed by atoms with Gasteiger partial charge >= 0.3 is 0 Å². The van der Waals surface area contributed by atoms with Crippen LogP contribution >= 0.6 is 0 Å². The second-order valence-electron chi connectivity index (χ2n) is 3.30. The number of fused-ring (bicyclic) bond motifs is 1. The predicted molar refractivity (Wildman–Crippen MR) is 39.6 cm³/mol. The molecule has 2 aliphatic carbocycles. The monoisotopic (exact) mass is 136 g/mol. The second kappa shape index (κ2) is 2.22. The zero-order valence-electron chi connectivity index (χ0n) is 6.05. The fourth-order valence-corrected chi connectivity index (χ4v) is 2.08. The summed E-state index contributed by atoms with van der Waals surface area (Å²) >= 11 is 0. The summed E-state index contributed by atoms with van der Waals surface area (Å²) < 4.78 is 0. The van der Waals surface area contributed by atoms with E-state index in [1.54, 1.807) is 0 Å². The number of rotatable bonds is 0. The molecule has 1 nitrogen and oxygen atoms in total. The van der Waals surface area contributed by atoms with Crippen LogP contribution in [0.2, 0.25) is 0 Å². The van der Waals surface area contributed by atoms with Gasteiger partial charge in [-0.05, 0) is 25.2 Å². The molecule has 54 valence electrons. The third kappa shape index (κ3) is 0.808. The molecule has 10 heavy (non-hydrogen) atoms. The van der Waals surface area contributed by atoms with Crippen LogP contribution in [0.25, 0.3) is 0 Å². The van der Waals surface area contributed by atoms with Crippen molar-refractivity contribution in [2.24, 2.45) is 11.8 Å². The molecule has 0 aromatic heterocycles. The highest BCUT2D eigenvalue weighted by molar-refractivity contribution is 5.85. The molecule has 0 spiro atoms. The fourth-order valence-electron chi connectivity index (χ4n) is 2.08. The van der Waals surface area contributed by atoms with E-state index in [2.05, 4.69) is 12.2 Å². The van der Waals surface area contributed by atoms with Gasteiger partial charge in [-0.3, -0.25) is 4.79 Å². The molecule has 0 N–H and O–H groups in total. The number of carbonyl (C=O) groups is 1. The number of Topliss-reactive ketones (excluding diaryl/α,β-unsaturated/α-hetero) is 1. The van der Waals surface area contributed by atoms with Crippen molar-refractivity contribution in [3.8, 4) is 0 Å². The van der Waals surface area contributed by atoms with Crippen molar-refractivity contribution in [2.45, 2.75) is 25.7 Å². The van der Waals surface area contributed by atoms with Crippen LogP contribution in [0.5, 0.6) is 0 Å². The first-order valence-corrected chi connectivity index (χ1v) is 4.07. The Balaban J connectivity index is 2.21. The van der Waals surface area contributed by atoms with Gasteiger partial charge in [0.05, 0.1) is 0 Å². The largest absolute Gasteiger partial charge is 0.299 e. The van der Waals surface area contributed by atoms with Crippen molar-refractivity contribution in [3.05, 3.63) is 12.2 Å². The molecule has 0 radical (unpaired) electrons. The van der Waals surface area contributed by atoms with E-state index in [1.165, 1.54) is 12.8 Å². The molecule has 0 unspecified atom stereocenters. The number of allylic oxidation sites excluding steroid dienone is 2. The molecule has 0 aromatic rings. The van der Waals surface area contributed by atoms with Gasteiger partial charge in [-0.25, -0.2) is 0 Å². The summed E-state index contributed by atoms with van der Waals surface area (Å²) in [6.45, 7) is 0. The Labute approximate surface area is 61.1 Å². The van der Waals surface area contributed by atoms with Gasteiger partial charge in [-0.15, -0.1) is 0 Å². The summed E-state index contributed by atoms with van der Waals surface area (Å²) in [6.07, 6.45) is 8.68. The van der Waals surface area contributed by atoms with Crippen LogP contribution < -0.4 is 0 Å². The smallest absolute Gasteiger partial charge is 0.140 e. The van der Waals surface area contributed by atoms with E-state index in [0.717, 1.165) is 12.8 Å². The van der Waals surface area contributed by atoms with Gasteiger partial charge < -0.3 is 0 Å². The summed E-state index contributed by atoms with van der Waals surface area (Å²) in [4.78, 5) is 11.2. The Hall–Kier alpha value is -0.590. The molecule has 0 amide bonds. The first kappa shape index (κ1) is 6.14.